The molecule has 5 rings (SSSR count). The van der Waals surface area contributed by atoms with Crippen molar-refractivity contribution in [2.75, 3.05) is 0 Å². The van der Waals surface area contributed by atoms with E-state index in [1.807, 2.05) is 72.9 Å². The first-order chi connectivity index (χ1) is 13.2. The van der Waals surface area contributed by atoms with E-state index in [9.17, 15) is 5.11 Å². The Morgan fingerprint density at radius 3 is 1.93 bits per heavy atom. The maximum Gasteiger partial charge on any atom is 0.121 e. The summed E-state index contributed by atoms with van der Waals surface area (Å²) in [6.07, 6.45) is 4.91. The summed E-state index contributed by atoms with van der Waals surface area (Å²) < 4.78 is 0. The maximum absolute atomic E-state index is 12.2. The Morgan fingerprint density at radius 2 is 1.30 bits per heavy atom. The molecule has 3 unspecified atom stereocenters. The van der Waals surface area contributed by atoms with E-state index >= 15 is 0 Å². The molecule has 0 radical (unpaired) electrons. The van der Waals surface area contributed by atoms with E-state index in [4.69, 9.17) is 4.99 Å². The zero-order chi connectivity index (χ0) is 18.3. The van der Waals surface area contributed by atoms with E-state index in [0.717, 1.165) is 28.7 Å². The van der Waals surface area contributed by atoms with Crippen LogP contribution >= 0.6 is 0 Å². The maximum atomic E-state index is 12.2. The van der Waals surface area contributed by atoms with Crippen LogP contribution in [0.1, 0.15) is 23.1 Å². The molecule has 132 valence electrons. The highest BCUT2D eigenvalue weighted by Gasteiger charge is 2.59. The summed E-state index contributed by atoms with van der Waals surface area (Å²) in [5.74, 6) is -0.0648. The molecule has 3 aromatic rings. The Morgan fingerprint density at radius 1 is 0.741 bits per heavy atom. The van der Waals surface area contributed by atoms with Crippen LogP contribution in [-0.4, -0.2) is 11.3 Å². The number of aliphatic imine (C=N–C) groups is 1. The van der Waals surface area contributed by atoms with E-state index in [0.29, 0.717) is 0 Å². The smallest absolute Gasteiger partial charge is 0.121 e. The van der Waals surface area contributed by atoms with Gasteiger partial charge in [-0.2, -0.15) is 0 Å². The zero-order valence-corrected chi connectivity index (χ0v) is 15.0. The predicted octanol–water partition coefficient (Wildman–Crippen LogP) is 4.96. The van der Waals surface area contributed by atoms with Gasteiger partial charge in [-0.25, -0.2) is 0 Å². The first-order valence-corrected chi connectivity index (χ1v) is 9.41. The molecule has 1 aliphatic carbocycles. The van der Waals surface area contributed by atoms with Gasteiger partial charge in [0, 0.05) is 12.1 Å². The Balaban J connectivity index is 1.78. The van der Waals surface area contributed by atoms with Crippen LogP contribution in [0.4, 0.5) is 0 Å². The molecule has 0 bridgehead atoms. The van der Waals surface area contributed by atoms with Crippen molar-refractivity contribution in [2.45, 2.75) is 17.6 Å². The molecule has 0 aromatic heterocycles. The van der Waals surface area contributed by atoms with Crippen LogP contribution in [0.5, 0.6) is 0 Å². The number of hydrogen-bond donors (Lipinski definition) is 1. The van der Waals surface area contributed by atoms with Crippen molar-refractivity contribution in [1.29, 1.82) is 0 Å². The lowest BCUT2D eigenvalue weighted by atomic mass is 9.71. The highest BCUT2D eigenvalue weighted by Crippen LogP contribution is 2.60. The van der Waals surface area contributed by atoms with E-state index in [-0.39, 0.29) is 5.92 Å². The first kappa shape index (κ1) is 16.2. The Labute approximate surface area is 159 Å². The molecule has 2 nitrogen and oxygen atoms in total. The van der Waals surface area contributed by atoms with Gasteiger partial charge in [0.25, 0.3) is 0 Å². The molecule has 27 heavy (non-hydrogen) atoms. The highest BCUT2D eigenvalue weighted by atomic mass is 16.3. The molecular weight excluding hydrogens is 330 g/mol. The number of aliphatic hydroxyl groups is 1. The number of benzene rings is 3. The quantitative estimate of drug-likeness (QED) is 0.711. The molecule has 2 heteroatoms. The highest BCUT2D eigenvalue weighted by molar-refractivity contribution is 5.82. The lowest BCUT2D eigenvalue weighted by Crippen LogP contribution is -2.39. The molecule has 3 aromatic carbocycles. The van der Waals surface area contributed by atoms with Gasteiger partial charge in [0.05, 0.1) is 0 Å². The van der Waals surface area contributed by atoms with Gasteiger partial charge in [-0.05, 0) is 34.8 Å². The average Bonchev–Trinajstić information content (AvgIpc) is 3.28. The molecular formula is C25H21NO. The summed E-state index contributed by atoms with van der Waals surface area (Å²) in [6.45, 7) is 0. The third kappa shape index (κ3) is 2.27. The Kier molecular flexibility index (Phi) is 3.63. The van der Waals surface area contributed by atoms with E-state index in [2.05, 4.69) is 30.3 Å². The minimum absolute atomic E-state index is 0.0648. The van der Waals surface area contributed by atoms with Crippen molar-refractivity contribution in [2.24, 2.45) is 10.9 Å². The summed E-state index contributed by atoms with van der Waals surface area (Å²) in [4.78, 5) is 4.93. The number of nitrogens with zero attached hydrogens (tertiary/aromatic N) is 1. The van der Waals surface area contributed by atoms with Gasteiger partial charge in [-0.15, -0.1) is 0 Å². The summed E-state index contributed by atoms with van der Waals surface area (Å²) in [5.41, 5.74) is 2.42. The Bertz CT molecular complexity index is 1010. The number of rotatable bonds is 3. The van der Waals surface area contributed by atoms with Crippen molar-refractivity contribution < 1.29 is 5.11 Å². The predicted molar refractivity (Wildman–Crippen MR) is 109 cm³/mol. The van der Waals surface area contributed by atoms with Crippen LogP contribution in [0.15, 0.2) is 102 Å². The van der Waals surface area contributed by atoms with Crippen molar-refractivity contribution in [1.82, 2.24) is 0 Å². The largest absolute Gasteiger partial charge is 0.380 e. The van der Waals surface area contributed by atoms with E-state index in [1.165, 1.54) is 0 Å². The van der Waals surface area contributed by atoms with Gasteiger partial charge in [-0.1, -0.05) is 91.0 Å². The SMILES string of the molecule is OC1(c2ccccc2)C(c2ccccc2)=CC2(c3ccccc3)N=CCC21. The number of hydrogen-bond acceptors (Lipinski definition) is 2. The summed E-state index contributed by atoms with van der Waals surface area (Å²) in [5, 5.41) is 12.2. The standard InChI is InChI=1S/C25H21NO/c27-25(21-14-8-3-9-15-21)22(19-10-4-1-5-11-19)18-24(23(25)16-17-26-24)20-12-6-2-7-13-20/h1-15,17-18,23,27H,16H2. The minimum atomic E-state index is -1.09. The monoisotopic (exact) mass is 351 g/mol. The molecule has 0 spiro atoms. The van der Waals surface area contributed by atoms with Crippen LogP contribution in [0.3, 0.4) is 0 Å². The van der Waals surface area contributed by atoms with E-state index in [1.54, 1.807) is 0 Å². The fourth-order valence-electron chi connectivity index (χ4n) is 4.76. The lowest BCUT2D eigenvalue weighted by molar-refractivity contribution is 0.0282. The Hall–Kier alpha value is -2.97. The molecule has 0 saturated heterocycles. The van der Waals surface area contributed by atoms with Crippen LogP contribution in [0.2, 0.25) is 0 Å². The third-order valence-corrected chi connectivity index (χ3v) is 5.99. The average molecular weight is 351 g/mol. The molecule has 0 saturated carbocycles. The van der Waals surface area contributed by atoms with Crippen molar-refractivity contribution in [3.8, 4) is 0 Å². The summed E-state index contributed by atoms with van der Waals surface area (Å²) in [6, 6.07) is 30.6. The van der Waals surface area contributed by atoms with Crippen molar-refractivity contribution >= 4 is 11.8 Å². The molecule has 0 fully saturated rings. The molecule has 1 heterocycles. The number of fused-ring (bicyclic) bond motifs is 1. The second kappa shape index (κ2) is 6.04. The van der Waals surface area contributed by atoms with Gasteiger partial charge < -0.3 is 5.11 Å². The minimum Gasteiger partial charge on any atom is -0.380 e. The van der Waals surface area contributed by atoms with Crippen molar-refractivity contribution in [3.63, 3.8) is 0 Å². The second-order valence-electron chi connectivity index (χ2n) is 7.35. The topological polar surface area (TPSA) is 32.6 Å². The molecule has 1 N–H and O–H groups in total. The van der Waals surface area contributed by atoms with Gasteiger partial charge >= 0.3 is 0 Å². The summed E-state index contributed by atoms with van der Waals surface area (Å²) >= 11 is 0. The third-order valence-electron chi connectivity index (χ3n) is 5.99. The fourth-order valence-corrected chi connectivity index (χ4v) is 4.76. The lowest BCUT2D eigenvalue weighted by Gasteiger charge is -2.37. The normalized spacial score (nSPS) is 28.8. The van der Waals surface area contributed by atoms with Crippen LogP contribution < -0.4 is 0 Å². The van der Waals surface area contributed by atoms with Gasteiger partial charge in [0.15, 0.2) is 0 Å². The zero-order valence-electron chi connectivity index (χ0n) is 15.0. The first-order valence-electron chi connectivity index (χ1n) is 9.41. The van der Waals surface area contributed by atoms with Crippen molar-refractivity contribution in [3.05, 3.63) is 114 Å². The molecule has 0 amide bonds. The molecule has 1 aliphatic heterocycles. The van der Waals surface area contributed by atoms with Gasteiger partial charge in [0.1, 0.15) is 11.1 Å². The second-order valence-corrected chi connectivity index (χ2v) is 7.35. The van der Waals surface area contributed by atoms with Gasteiger partial charge in [0.2, 0.25) is 0 Å². The summed E-state index contributed by atoms with van der Waals surface area (Å²) in [7, 11) is 0. The van der Waals surface area contributed by atoms with Crippen LogP contribution in [0, 0.1) is 5.92 Å². The molecule has 3 atom stereocenters. The van der Waals surface area contributed by atoms with Gasteiger partial charge in [-0.3, -0.25) is 4.99 Å². The molecule has 2 aliphatic rings. The fraction of sp³-hybridized carbons (Fsp3) is 0.160. The van der Waals surface area contributed by atoms with E-state index < -0.39 is 11.1 Å². The van der Waals surface area contributed by atoms with Crippen LogP contribution in [-0.2, 0) is 11.1 Å². The van der Waals surface area contributed by atoms with Crippen LogP contribution in [0.25, 0.3) is 5.57 Å².